The molecule has 0 aliphatic carbocycles. The van der Waals surface area contributed by atoms with Gasteiger partial charge in [0, 0.05) is 31.1 Å². The maximum absolute atomic E-state index is 13.4. The van der Waals surface area contributed by atoms with Crippen LogP contribution in [0.15, 0.2) is 24.5 Å². The van der Waals surface area contributed by atoms with E-state index in [9.17, 15) is 13.2 Å². The first-order valence-electron chi connectivity index (χ1n) is 5.50. The van der Waals surface area contributed by atoms with E-state index in [2.05, 4.69) is 10.3 Å². The van der Waals surface area contributed by atoms with Crippen LogP contribution in [0.3, 0.4) is 0 Å². The van der Waals surface area contributed by atoms with Crippen molar-refractivity contribution in [3.05, 3.63) is 47.8 Å². The summed E-state index contributed by atoms with van der Waals surface area (Å²) in [7, 11) is 0. The van der Waals surface area contributed by atoms with E-state index in [4.69, 9.17) is 0 Å². The molecule has 0 amide bonds. The van der Waals surface area contributed by atoms with Gasteiger partial charge in [-0.15, -0.1) is 0 Å². The second-order valence-corrected chi connectivity index (χ2v) is 3.73. The molecule has 1 aromatic carbocycles. The van der Waals surface area contributed by atoms with Crippen molar-refractivity contribution in [3.8, 4) is 0 Å². The highest BCUT2D eigenvalue weighted by molar-refractivity contribution is 5.45. The van der Waals surface area contributed by atoms with Crippen molar-refractivity contribution in [1.29, 1.82) is 0 Å². The number of aryl methyl sites for hydroxylation is 1. The molecule has 0 saturated carbocycles. The van der Waals surface area contributed by atoms with Crippen LogP contribution in [0.2, 0.25) is 0 Å². The standard InChI is InChI=1S/C12H12F3N3/c1-2-18-4-3-16-11(18)7-17-10-6-8(13)5-9(14)12(10)15/h3-6,17H,2,7H2,1H3. The Hall–Kier alpha value is -1.98. The molecule has 0 atom stereocenters. The summed E-state index contributed by atoms with van der Waals surface area (Å²) < 4.78 is 41.1. The van der Waals surface area contributed by atoms with E-state index in [1.807, 2.05) is 11.5 Å². The third-order valence-electron chi connectivity index (χ3n) is 2.57. The number of rotatable bonds is 4. The number of hydrogen-bond acceptors (Lipinski definition) is 2. The quantitative estimate of drug-likeness (QED) is 0.851. The first-order chi connectivity index (χ1) is 8.61. The number of aromatic nitrogens is 2. The normalized spacial score (nSPS) is 10.7. The van der Waals surface area contributed by atoms with Crippen LogP contribution in [-0.4, -0.2) is 9.55 Å². The molecule has 0 fully saturated rings. The Labute approximate surface area is 102 Å². The van der Waals surface area contributed by atoms with Crippen LogP contribution in [0.1, 0.15) is 12.7 Å². The molecule has 0 bridgehead atoms. The largest absolute Gasteiger partial charge is 0.375 e. The van der Waals surface area contributed by atoms with Crippen molar-refractivity contribution in [2.45, 2.75) is 20.0 Å². The lowest BCUT2D eigenvalue weighted by Crippen LogP contribution is -2.09. The van der Waals surface area contributed by atoms with Crippen LogP contribution in [0, 0.1) is 17.5 Å². The first kappa shape index (κ1) is 12.5. The Morgan fingerprint density at radius 3 is 2.78 bits per heavy atom. The zero-order chi connectivity index (χ0) is 13.1. The van der Waals surface area contributed by atoms with Crippen LogP contribution in [0.25, 0.3) is 0 Å². The predicted molar refractivity (Wildman–Crippen MR) is 61.5 cm³/mol. The minimum Gasteiger partial charge on any atom is -0.375 e. The summed E-state index contributed by atoms with van der Waals surface area (Å²) in [5.74, 6) is -2.46. The number of imidazole rings is 1. The second-order valence-electron chi connectivity index (χ2n) is 3.73. The fraction of sp³-hybridized carbons (Fsp3) is 0.250. The van der Waals surface area contributed by atoms with E-state index in [0.29, 0.717) is 11.9 Å². The fourth-order valence-corrected chi connectivity index (χ4v) is 1.65. The van der Waals surface area contributed by atoms with Gasteiger partial charge in [-0.2, -0.15) is 0 Å². The summed E-state index contributed by atoms with van der Waals surface area (Å²) in [5, 5.41) is 2.63. The number of halogens is 3. The van der Waals surface area contributed by atoms with Gasteiger partial charge in [0.15, 0.2) is 11.6 Å². The molecule has 0 aliphatic heterocycles. The second kappa shape index (κ2) is 5.12. The van der Waals surface area contributed by atoms with Gasteiger partial charge in [-0.3, -0.25) is 0 Å². The molecular weight excluding hydrogens is 243 g/mol. The van der Waals surface area contributed by atoms with Crippen molar-refractivity contribution in [2.75, 3.05) is 5.32 Å². The Morgan fingerprint density at radius 2 is 2.06 bits per heavy atom. The molecule has 0 unspecified atom stereocenters. The Bertz CT molecular complexity index is 551. The van der Waals surface area contributed by atoms with E-state index < -0.39 is 17.5 Å². The van der Waals surface area contributed by atoms with E-state index in [1.165, 1.54) is 0 Å². The van der Waals surface area contributed by atoms with Gasteiger partial charge in [0.25, 0.3) is 0 Å². The van der Waals surface area contributed by atoms with Crippen molar-refractivity contribution < 1.29 is 13.2 Å². The highest BCUT2D eigenvalue weighted by Gasteiger charge is 2.11. The molecule has 3 nitrogen and oxygen atoms in total. The number of nitrogens with one attached hydrogen (secondary N) is 1. The molecule has 18 heavy (non-hydrogen) atoms. The van der Waals surface area contributed by atoms with E-state index in [1.54, 1.807) is 12.4 Å². The molecular formula is C12H12F3N3. The first-order valence-corrected chi connectivity index (χ1v) is 5.50. The summed E-state index contributed by atoms with van der Waals surface area (Å²) in [5.41, 5.74) is -0.210. The van der Waals surface area contributed by atoms with E-state index >= 15 is 0 Å². The van der Waals surface area contributed by atoms with Crippen LogP contribution >= 0.6 is 0 Å². The summed E-state index contributed by atoms with van der Waals surface area (Å²) >= 11 is 0. The van der Waals surface area contributed by atoms with Crippen molar-refractivity contribution in [1.82, 2.24) is 9.55 Å². The maximum atomic E-state index is 13.4. The number of anilines is 1. The lowest BCUT2D eigenvalue weighted by molar-refractivity contribution is 0.497. The Balaban J connectivity index is 2.16. The van der Waals surface area contributed by atoms with Gasteiger partial charge in [-0.05, 0) is 6.92 Å². The summed E-state index contributed by atoms with van der Waals surface area (Å²) in [4.78, 5) is 4.07. The fourth-order valence-electron chi connectivity index (χ4n) is 1.65. The summed E-state index contributed by atoms with van der Waals surface area (Å²) in [6, 6.07) is 1.42. The van der Waals surface area contributed by atoms with Gasteiger partial charge in [0.1, 0.15) is 11.6 Å². The molecule has 0 spiro atoms. The van der Waals surface area contributed by atoms with Crippen molar-refractivity contribution >= 4 is 5.69 Å². The van der Waals surface area contributed by atoms with Gasteiger partial charge in [-0.25, -0.2) is 18.2 Å². The molecule has 0 saturated heterocycles. The van der Waals surface area contributed by atoms with Crippen molar-refractivity contribution in [3.63, 3.8) is 0 Å². The molecule has 1 heterocycles. The molecule has 0 aliphatic rings. The van der Waals surface area contributed by atoms with Gasteiger partial charge >= 0.3 is 0 Å². The number of nitrogens with zero attached hydrogens (tertiary/aromatic N) is 2. The highest BCUT2D eigenvalue weighted by Crippen LogP contribution is 2.19. The average molecular weight is 255 g/mol. The molecule has 6 heteroatoms. The zero-order valence-corrected chi connectivity index (χ0v) is 9.75. The van der Waals surface area contributed by atoms with Crippen LogP contribution in [0.5, 0.6) is 0 Å². The van der Waals surface area contributed by atoms with Crippen LogP contribution in [0.4, 0.5) is 18.9 Å². The van der Waals surface area contributed by atoms with Gasteiger partial charge in [0.05, 0.1) is 12.2 Å². The average Bonchev–Trinajstić information content (AvgIpc) is 2.79. The SMILES string of the molecule is CCn1ccnc1CNc1cc(F)cc(F)c1F. The molecule has 96 valence electrons. The molecule has 2 aromatic rings. The molecule has 1 aromatic heterocycles. The lowest BCUT2D eigenvalue weighted by Gasteiger charge is -2.09. The van der Waals surface area contributed by atoms with E-state index in [0.717, 1.165) is 12.6 Å². The molecule has 0 radical (unpaired) electrons. The minimum atomic E-state index is -1.21. The van der Waals surface area contributed by atoms with E-state index in [-0.39, 0.29) is 12.2 Å². The third kappa shape index (κ3) is 2.47. The maximum Gasteiger partial charge on any atom is 0.182 e. The monoisotopic (exact) mass is 255 g/mol. The Morgan fingerprint density at radius 1 is 1.28 bits per heavy atom. The van der Waals surface area contributed by atoms with Gasteiger partial charge in [-0.1, -0.05) is 0 Å². The van der Waals surface area contributed by atoms with Crippen molar-refractivity contribution in [2.24, 2.45) is 0 Å². The highest BCUT2D eigenvalue weighted by atomic mass is 19.2. The van der Waals surface area contributed by atoms with Crippen LogP contribution < -0.4 is 5.32 Å². The lowest BCUT2D eigenvalue weighted by atomic mass is 10.3. The summed E-state index contributed by atoms with van der Waals surface area (Å²) in [6.45, 7) is 2.85. The third-order valence-corrected chi connectivity index (χ3v) is 2.57. The molecule has 1 N–H and O–H groups in total. The van der Waals surface area contributed by atoms with Crippen LogP contribution in [-0.2, 0) is 13.1 Å². The summed E-state index contributed by atoms with van der Waals surface area (Å²) in [6.07, 6.45) is 3.39. The van der Waals surface area contributed by atoms with Gasteiger partial charge in [0.2, 0.25) is 0 Å². The zero-order valence-electron chi connectivity index (χ0n) is 9.75. The van der Waals surface area contributed by atoms with Gasteiger partial charge < -0.3 is 9.88 Å². The minimum absolute atomic E-state index is 0.195. The Kier molecular flexibility index (Phi) is 3.55. The molecule has 2 rings (SSSR count). The predicted octanol–water partition coefficient (Wildman–Crippen LogP) is 2.93. The topological polar surface area (TPSA) is 29.9 Å². The number of benzene rings is 1. The number of hydrogen-bond donors (Lipinski definition) is 1. The smallest absolute Gasteiger partial charge is 0.182 e.